The summed E-state index contributed by atoms with van der Waals surface area (Å²) in [5.74, 6) is 0. The summed E-state index contributed by atoms with van der Waals surface area (Å²) in [6, 6.07) is 0. The molecule has 0 radical (unpaired) electrons. The highest BCUT2D eigenvalue weighted by atomic mass is 32.2. The third-order valence-corrected chi connectivity index (χ3v) is 3.38. The van der Waals surface area contributed by atoms with Gasteiger partial charge in [0.1, 0.15) is 4.34 Å². The van der Waals surface area contributed by atoms with E-state index in [-0.39, 0.29) is 0 Å². The van der Waals surface area contributed by atoms with Crippen LogP contribution in [0.3, 0.4) is 0 Å². The minimum absolute atomic E-state index is 1.04. The van der Waals surface area contributed by atoms with E-state index in [4.69, 9.17) is 0 Å². The smallest absolute Gasteiger partial charge is 0.149 e. The van der Waals surface area contributed by atoms with E-state index in [0.717, 1.165) is 17.3 Å². The number of hydrogen-bond acceptors (Lipinski definition) is 4. The van der Waals surface area contributed by atoms with Crippen molar-refractivity contribution >= 4 is 23.1 Å². The molecule has 2 nitrogen and oxygen atoms in total. The summed E-state index contributed by atoms with van der Waals surface area (Å²) in [5, 5.41) is 3.12. The fourth-order valence-electron chi connectivity index (χ4n) is 0.748. The van der Waals surface area contributed by atoms with Gasteiger partial charge in [-0.3, -0.25) is 0 Å². The van der Waals surface area contributed by atoms with E-state index in [0.29, 0.717) is 0 Å². The van der Waals surface area contributed by atoms with Gasteiger partial charge in [-0.1, -0.05) is 11.8 Å². The van der Waals surface area contributed by atoms with Crippen LogP contribution in [0.4, 0.5) is 0 Å². The third-order valence-electron chi connectivity index (χ3n) is 1.33. The molecule has 4 heteroatoms. The fourth-order valence-corrected chi connectivity index (χ4v) is 2.20. The Morgan fingerprint density at radius 1 is 1.73 bits per heavy atom. The van der Waals surface area contributed by atoms with E-state index in [2.05, 4.69) is 16.6 Å². The molecule has 1 aromatic rings. The van der Waals surface area contributed by atoms with E-state index < -0.39 is 0 Å². The van der Waals surface area contributed by atoms with E-state index >= 15 is 0 Å². The summed E-state index contributed by atoms with van der Waals surface area (Å²) >= 11 is 3.49. The number of likely N-dealkylation sites (N-methyl/N-ethyl adjacent to an activating group) is 1. The Bertz CT molecular complexity index is 210. The van der Waals surface area contributed by atoms with Crippen molar-refractivity contribution in [2.24, 2.45) is 0 Å². The van der Waals surface area contributed by atoms with Gasteiger partial charge in [0.25, 0.3) is 0 Å². The molecular weight excluding hydrogens is 176 g/mol. The van der Waals surface area contributed by atoms with Crippen LogP contribution in [0.5, 0.6) is 0 Å². The lowest BCUT2D eigenvalue weighted by Crippen LogP contribution is -2.09. The van der Waals surface area contributed by atoms with Crippen LogP contribution in [0, 0.1) is 0 Å². The first-order valence-corrected chi connectivity index (χ1v) is 5.54. The van der Waals surface area contributed by atoms with Crippen LogP contribution in [0.15, 0.2) is 10.5 Å². The van der Waals surface area contributed by atoms with Crippen LogP contribution >= 0.6 is 23.1 Å². The van der Waals surface area contributed by atoms with E-state index in [1.54, 1.807) is 23.1 Å². The second-order valence-electron chi connectivity index (χ2n) is 2.15. The Kier molecular flexibility index (Phi) is 3.90. The molecule has 0 saturated heterocycles. The van der Waals surface area contributed by atoms with Gasteiger partial charge in [0, 0.05) is 11.1 Å². The van der Waals surface area contributed by atoms with E-state index in [1.807, 2.05) is 13.2 Å². The molecule has 62 valence electrons. The molecule has 0 aliphatic rings. The molecule has 11 heavy (non-hydrogen) atoms. The van der Waals surface area contributed by atoms with Gasteiger partial charge < -0.3 is 5.32 Å². The SMILES string of the molecule is CNCCc1cnc(SC)s1. The molecule has 0 aliphatic carbocycles. The van der Waals surface area contributed by atoms with Crippen molar-refractivity contribution in [3.63, 3.8) is 0 Å². The average molecular weight is 188 g/mol. The van der Waals surface area contributed by atoms with Crippen molar-refractivity contribution in [1.29, 1.82) is 0 Å². The van der Waals surface area contributed by atoms with Crippen molar-refractivity contribution in [2.75, 3.05) is 19.8 Å². The lowest BCUT2D eigenvalue weighted by atomic mass is 10.4. The number of thiazole rings is 1. The Morgan fingerprint density at radius 2 is 2.55 bits per heavy atom. The Balaban J connectivity index is 2.44. The highest BCUT2D eigenvalue weighted by Crippen LogP contribution is 2.21. The lowest BCUT2D eigenvalue weighted by Gasteiger charge is -1.92. The van der Waals surface area contributed by atoms with Crippen molar-refractivity contribution in [3.8, 4) is 0 Å². The van der Waals surface area contributed by atoms with Crippen molar-refractivity contribution in [1.82, 2.24) is 10.3 Å². The summed E-state index contributed by atoms with van der Waals surface area (Å²) < 4.78 is 1.16. The first-order valence-electron chi connectivity index (χ1n) is 3.50. The second kappa shape index (κ2) is 4.74. The largest absolute Gasteiger partial charge is 0.319 e. The minimum Gasteiger partial charge on any atom is -0.319 e. The van der Waals surface area contributed by atoms with Gasteiger partial charge in [-0.05, 0) is 26.3 Å². The molecule has 1 N–H and O–H groups in total. The van der Waals surface area contributed by atoms with Gasteiger partial charge in [0.15, 0.2) is 0 Å². The lowest BCUT2D eigenvalue weighted by molar-refractivity contribution is 0.798. The summed E-state index contributed by atoms with van der Waals surface area (Å²) in [6.45, 7) is 1.04. The summed E-state index contributed by atoms with van der Waals surface area (Å²) in [7, 11) is 1.97. The first kappa shape index (κ1) is 9.03. The molecule has 0 aromatic carbocycles. The monoisotopic (exact) mass is 188 g/mol. The molecule has 0 aliphatic heterocycles. The first-order chi connectivity index (χ1) is 5.36. The standard InChI is InChI=1S/C7H12N2S2/c1-8-4-3-6-5-9-7(10-2)11-6/h5,8H,3-4H2,1-2H3. The predicted molar refractivity (Wildman–Crippen MR) is 51.5 cm³/mol. The van der Waals surface area contributed by atoms with Gasteiger partial charge in [-0.2, -0.15) is 0 Å². The number of hydrogen-bond donors (Lipinski definition) is 1. The molecule has 1 rings (SSSR count). The second-order valence-corrected chi connectivity index (χ2v) is 4.32. The minimum atomic E-state index is 1.04. The van der Waals surface area contributed by atoms with Crippen LogP contribution < -0.4 is 5.32 Å². The molecule has 0 fully saturated rings. The number of nitrogens with zero attached hydrogens (tertiary/aromatic N) is 1. The zero-order valence-corrected chi connectivity index (χ0v) is 8.39. The van der Waals surface area contributed by atoms with Gasteiger partial charge in [-0.25, -0.2) is 4.98 Å². The number of thioether (sulfide) groups is 1. The topological polar surface area (TPSA) is 24.9 Å². The van der Waals surface area contributed by atoms with Crippen molar-refractivity contribution < 1.29 is 0 Å². The average Bonchev–Trinajstić information content (AvgIpc) is 2.48. The summed E-state index contributed by atoms with van der Waals surface area (Å²) in [5.41, 5.74) is 0. The van der Waals surface area contributed by atoms with Gasteiger partial charge in [-0.15, -0.1) is 11.3 Å². The van der Waals surface area contributed by atoms with Gasteiger partial charge in [0.2, 0.25) is 0 Å². The molecule has 0 amide bonds. The molecular formula is C7H12N2S2. The highest BCUT2D eigenvalue weighted by molar-refractivity contribution is 8.00. The van der Waals surface area contributed by atoms with Crippen LogP contribution in [-0.4, -0.2) is 24.8 Å². The van der Waals surface area contributed by atoms with Crippen LogP contribution in [0.25, 0.3) is 0 Å². The van der Waals surface area contributed by atoms with Gasteiger partial charge in [0.05, 0.1) is 0 Å². The molecule has 0 saturated carbocycles. The maximum atomic E-state index is 4.24. The van der Waals surface area contributed by atoms with Crippen LogP contribution in [0.2, 0.25) is 0 Å². The quantitative estimate of drug-likeness (QED) is 0.727. The summed E-state index contributed by atoms with van der Waals surface area (Å²) in [4.78, 5) is 5.61. The van der Waals surface area contributed by atoms with E-state index in [1.165, 1.54) is 4.88 Å². The molecule has 1 aromatic heterocycles. The van der Waals surface area contributed by atoms with Crippen LogP contribution in [-0.2, 0) is 6.42 Å². The van der Waals surface area contributed by atoms with Gasteiger partial charge >= 0.3 is 0 Å². The molecule has 1 heterocycles. The fraction of sp³-hybridized carbons (Fsp3) is 0.571. The number of rotatable bonds is 4. The zero-order chi connectivity index (χ0) is 8.10. The van der Waals surface area contributed by atoms with Crippen molar-refractivity contribution in [3.05, 3.63) is 11.1 Å². The third kappa shape index (κ3) is 2.81. The predicted octanol–water partition coefficient (Wildman–Crippen LogP) is 1.63. The maximum Gasteiger partial charge on any atom is 0.149 e. The Morgan fingerprint density at radius 3 is 3.09 bits per heavy atom. The molecule has 0 atom stereocenters. The normalized spacial score (nSPS) is 10.4. The number of nitrogens with one attached hydrogen (secondary N) is 1. The van der Waals surface area contributed by atoms with E-state index in [9.17, 15) is 0 Å². The Hall–Kier alpha value is -0.0600. The summed E-state index contributed by atoms with van der Waals surface area (Å²) in [6.07, 6.45) is 5.11. The van der Waals surface area contributed by atoms with Crippen molar-refractivity contribution in [2.45, 2.75) is 10.8 Å². The Labute approximate surface area is 75.4 Å². The molecule has 0 bridgehead atoms. The maximum absolute atomic E-state index is 4.24. The molecule has 0 spiro atoms. The zero-order valence-electron chi connectivity index (χ0n) is 6.76. The highest BCUT2D eigenvalue weighted by Gasteiger charge is 1.98. The van der Waals surface area contributed by atoms with Crippen LogP contribution in [0.1, 0.15) is 4.88 Å². The molecule has 0 unspecified atom stereocenters. The number of aromatic nitrogens is 1.